The molecule has 3 aromatic rings. The molecule has 2 aromatic carbocycles. The zero-order valence-electron chi connectivity index (χ0n) is 16.9. The highest BCUT2D eigenvalue weighted by molar-refractivity contribution is 5.98. The van der Waals surface area contributed by atoms with Crippen LogP contribution in [0.2, 0.25) is 0 Å². The molecule has 1 saturated heterocycles. The van der Waals surface area contributed by atoms with E-state index in [2.05, 4.69) is 17.1 Å². The molecule has 0 bridgehead atoms. The smallest absolute Gasteiger partial charge is 0.257 e. The number of rotatable bonds is 5. The van der Waals surface area contributed by atoms with E-state index >= 15 is 0 Å². The molecule has 29 heavy (non-hydrogen) atoms. The van der Waals surface area contributed by atoms with E-state index in [0.717, 1.165) is 11.1 Å². The Morgan fingerprint density at radius 1 is 1.07 bits per heavy atom. The number of methoxy groups -OCH3 is 2. The second-order valence-electron chi connectivity index (χ2n) is 7.20. The summed E-state index contributed by atoms with van der Waals surface area (Å²) in [5.41, 5.74) is 3.92. The Morgan fingerprint density at radius 3 is 2.62 bits per heavy atom. The molecule has 1 aliphatic heterocycles. The lowest BCUT2D eigenvalue weighted by Gasteiger charge is -2.20. The Hall–Kier alpha value is -3.35. The molecule has 150 valence electrons. The summed E-state index contributed by atoms with van der Waals surface area (Å²) in [4.78, 5) is 19.0. The van der Waals surface area contributed by atoms with Crippen molar-refractivity contribution < 1.29 is 18.8 Å². The van der Waals surface area contributed by atoms with Crippen LogP contribution in [0.1, 0.15) is 29.3 Å². The van der Waals surface area contributed by atoms with Crippen molar-refractivity contribution in [2.24, 2.45) is 0 Å². The first-order chi connectivity index (χ1) is 14.0. The molecular formula is C22H23N3O4. The summed E-state index contributed by atoms with van der Waals surface area (Å²) in [7, 11) is 3.17. The molecule has 1 unspecified atom stereocenters. The van der Waals surface area contributed by atoms with E-state index in [4.69, 9.17) is 14.0 Å². The van der Waals surface area contributed by atoms with Gasteiger partial charge in [0.15, 0.2) is 5.82 Å². The van der Waals surface area contributed by atoms with Crippen LogP contribution in [-0.2, 0) is 4.79 Å². The standard InChI is InChI=1S/C22H23N3O4/c1-13-5-6-15(9-14(13)2)22-23-21(24-29-22)16-10-20(26)25(12-16)18-11-17(27-3)7-8-19(18)28-4/h5-9,11,16H,10,12H2,1-4H3. The van der Waals surface area contributed by atoms with Gasteiger partial charge in [0.1, 0.15) is 11.5 Å². The van der Waals surface area contributed by atoms with E-state index < -0.39 is 0 Å². The lowest BCUT2D eigenvalue weighted by Crippen LogP contribution is -2.25. The zero-order valence-corrected chi connectivity index (χ0v) is 16.9. The molecule has 1 aliphatic rings. The second-order valence-corrected chi connectivity index (χ2v) is 7.20. The summed E-state index contributed by atoms with van der Waals surface area (Å²) in [6.07, 6.45) is 0.312. The van der Waals surface area contributed by atoms with E-state index in [9.17, 15) is 4.79 Å². The molecule has 1 amide bonds. The molecule has 0 radical (unpaired) electrons. The van der Waals surface area contributed by atoms with Crippen LogP contribution in [0.5, 0.6) is 11.5 Å². The van der Waals surface area contributed by atoms with E-state index in [1.165, 1.54) is 5.56 Å². The minimum Gasteiger partial charge on any atom is -0.497 e. The number of hydrogen-bond acceptors (Lipinski definition) is 6. The van der Waals surface area contributed by atoms with Crippen LogP contribution >= 0.6 is 0 Å². The van der Waals surface area contributed by atoms with Gasteiger partial charge >= 0.3 is 0 Å². The van der Waals surface area contributed by atoms with Crippen LogP contribution in [-0.4, -0.2) is 36.8 Å². The minimum atomic E-state index is -0.151. The lowest BCUT2D eigenvalue weighted by atomic mass is 10.1. The van der Waals surface area contributed by atoms with Gasteiger partial charge in [0.05, 0.1) is 19.9 Å². The van der Waals surface area contributed by atoms with Crippen LogP contribution < -0.4 is 14.4 Å². The third kappa shape index (κ3) is 3.55. The van der Waals surface area contributed by atoms with Gasteiger partial charge in [0.25, 0.3) is 5.89 Å². The van der Waals surface area contributed by atoms with Crippen molar-refractivity contribution in [1.82, 2.24) is 10.1 Å². The fourth-order valence-electron chi connectivity index (χ4n) is 3.51. The number of anilines is 1. The predicted octanol–water partition coefficient (Wildman–Crippen LogP) is 3.89. The predicted molar refractivity (Wildman–Crippen MR) is 108 cm³/mol. The molecule has 1 aromatic heterocycles. The van der Waals surface area contributed by atoms with Crippen LogP contribution in [0.15, 0.2) is 40.9 Å². The second kappa shape index (κ2) is 7.58. The molecule has 4 rings (SSSR count). The highest BCUT2D eigenvalue weighted by Gasteiger charge is 2.36. The number of carbonyl (C=O) groups is 1. The van der Waals surface area contributed by atoms with Crippen molar-refractivity contribution in [2.75, 3.05) is 25.7 Å². The normalized spacial score (nSPS) is 16.3. The summed E-state index contributed by atoms with van der Waals surface area (Å²) in [6.45, 7) is 4.56. The van der Waals surface area contributed by atoms with Crippen molar-refractivity contribution >= 4 is 11.6 Å². The minimum absolute atomic E-state index is 0.0147. The average Bonchev–Trinajstić information content (AvgIpc) is 3.36. The van der Waals surface area contributed by atoms with Crippen LogP contribution in [0.25, 0.3) is 11.5 Å². The van der Waals surface area contributed by atoms with Gasteiger partial charge in [0, 0.05) is 30.5 Å². The van der Waals surface area contributed by atoms with Crippen LogP contribution in [0.4, 0.5) is 5.69 Å². The zero-order chi connectivity index (χ0) is 20.5. The first kappa shape index (κ1) is 19.0. The van der Waals surface area contributed by atoms with Crippen LogP contribution in [0.3, 0.4) is 0 Å². The van der Waals surface area contributed by atoms with Crippen molar-refractivity contribution in [3.8, 4) is 23.0 Å². The monoisotopic (exact) mass is 393 g/mol. The Balaban J connectivity index is 1.59. The first-order valence-electron chi connectivity index (χ1n) is 9.43. The molecule has 1 atom stereocenters. The molecule has 7 heteroatoms. The van der Waals surface area contributed by atoms with E-state index in [1.54, 1.807) is 37.3 Å². The summed E-state index contributed by atoms with van der Waals surface area (Å²) in [5.74, 6) is 2.11. The number of hydrogen-bond donors (Lipinski definition) is 0. The SMILES string of the molecule is COc1ccc(OC)c(N2CC(c3noc(-c4ccc(C)c(C)c4)n3)CC2=O)c1. The summed E-state index contributed by atoms with van der Waals surface area (Å²) in [5, 5.41) is 4.14. The van der Waals surface area contributed by atoms with Crippen molar-refractivity contribution in [2.45, 2.75) is 26.2 Å². The maximum absolute atomic E-state index is 12.7. The van der Waals surface area contributed by atoms with Crippen LogP contribution in [0, 0.1) is 13.8 Å². The van der Waals surface area contributed by atoms with Crippen molar-refractivity contribution in [3.63, 3.8) is 0 Å². The first-order valence-corrected chi connectivity index (χ1v) is 9.43. The third-order valence-electron chi connectivity index (χ3n) is 5.36. The van der Waals surface area contributed by atoms with Gasteiger partial charge in [-0.25, -0.2) is 0 Å². The Bertz CT molecular complexity index is 1060. The Kier molecular flexibility index (Phi) is 4.96. The van der Waals surface area contributed by atoms with Gasteiger partial charge in [-0.2, -0.15) is 4.98 Å². The van der Waals surface area contributed by atoms with Gasteiger partial charge in [0.2, 0.25) is 5.91 Å². The maximum atomic E-state index is 12.7. The maximum Gasteiger partial charge on any atom is 0.257 e. The lowest BCUT2D eigenvalue weighted by molar-refractivity contribution is -0.117. The highest BCUT2D eigenvalue weighted by Crippen LogP contribution is 2.38. The number of benzene rings is 2. The number of amides is 1. The molecule has 7 nitrogen and oxygen atoms in total. The highest BCUT2D eigenvalue weighted by atomic mass is 16.5. The quantitative estimate of drug-likeness (QED) is 0.654. The molecule has 0 saturated carbocycles. The van der Waals surface area contributed by atoms with E-state index in [-0.39, 0.29) is 11.8 Å². The van der Waals surface area contributed by atoms with Crippen molar-refractivity contribution in [3.05, 3.63) is 53.3 Å². The molecule has 0 spiro atoms. The van der Waals surface area contributed by atoms with Gasteiger partial charge in [-0.3, -0.25) is 4.79 Å². The summed E-state index contributed by atoms with van der Waals surface area (Å²) < 4.78 is 16.2. The number of carbonyl (C=O) groups excluding carboxylic acids is 1. The number of ether oxygens (including phenoxy) is 2. The number of nitrogens with zero attached hydrogens (tertiary/aromatic N) is 3. The topological polar surface area (TPSA) is 77.7 Å². The molecular weight excluding hydrogens is 370 g/mol. The van der Waals surface area contributed by atoms with Gasteiger partial charge < -0.3 is 18.9 Å². The molecule has 0 aliphatic carbocycles. The van der Waals surface area contributed by atoms with Gasteiger partial charge in [-0.15, -0.1) is 0 Å². The van der Waals surface area contributed by atoms with E-state index in [0.29, 0.717) is 41.9 Å². The number of aryl methyl sites for hydroxylation is 2. The third-order valence-corrected chi connectivity index (χ3v) is 5.36. The molecule has 0 N–H and O–H groups in total. The van der Waals surface area contributed by atoms with Crippen molar-refractivity contribution in [1.29, 1.82) is 0 Å². The Morgan fingerprint density at radius 2 is 1.90 bits per heavy atom. The van der Waals surface area contributed by atoms with Gasteiger partial charge in [-0.1, -0.05) is 11.2 Å². The van der Waals surface area contributed by atoms with Gasteiger partial charge in [-0.05, 0) is 49.2 Å². The molecule has 2 heterocycles. The largest absolute Gasteiger partial charge is 0.497 e. The fraction of sp³-hybridized carbons (Fsp3) is 0.318. The molecule has 1 fully saturated rings. The Labute approximate surface area is 169 Å². The summed E-state index contributed by atoms with van der Waals surface area (Å²) >= 11 is 0. The van der Waals surface area contributed by atoms with E-state index in [1.807, 2.05) is 25.1 Å². The fourth-order valence-corrected chi connectivity index (χ4v) is 3.51. The number of aromatic nitrogens is 2. The summed E-state index contributed by atoms with van der Waals surface area (Å²) in [6, 6.07) is 11.4. The average molecular weight is 393 g/mol.